The van der Waals surface area contributed by atoms with Crippen LogP contribution in [0.15, 0.2) is 25.3 Å². The Labute approximate surface area is 148 Å². The fourth-order valence-corrected chi connectivity index (χ4v) is 2.53. The molecule has 0 fully saturated rings. The van der Waals surface area contributed by atoms with E-state index in [0.717, 1.165) is 12.8 Å². The molecule has 0 saturated carbocycles. The van der Waals surface area contributed by atoms with Crippen molar-refractivity contribution >= 4 is 7.81 Å². The molecule has 0 aromatic rings. The Morgan fingerprint density at radius 2 is 1.08 bits per heavy atom. The normalized spacial score (nSPS) is 14.7. The van der Waals surface area contributed by atoms with Gasteiger partial charge in [0.2, 0.25) is 0 Å². The van der Waals surface area contributed by atoms with Crippen molar-refractivity contribution in [2.75, 3.05) is 0 Å². The molecule has 0 saturated heterocycles. The van der Waals surface area contributed by atoms with Gasteiger partial charge in [-0.05, 0) is 6.42 Å². The summed E-state index contributed by atoms with van der Waals surface area (Å²) >= 11 is 0. The average molecular weight is 397 g/mol. The minimum absolute atomic E-state index is 0.158. The van der Waals surface area contributed by atoms with Crippen LogP contribution in [0.2, 0.25) is 0 Å². The molecule has 3 N–H and O–H groups in total. The van der Waals surface area contributed by atoms with Crippen LogP contribution in [0.1, 0.15) is 77.6 Å². The molecule has 0 radical (unpaired) electrons. The number of unbranched alkanes of at least 4 members (excludes halogenated alkanes) is 7. The van der Waals surface area contributed by atoms with Crippen LogP contribution in [0.25, 0.3) is 0 Å². The Bertz CT molecular complexity index is 355. The van der Waals surface area contributed by atoms with Crippen molar-refractivity contribution in [3.8, 4) is 0 Å². The molecule has 0 amide bonds. The van der Waals surface area contributed by atoms with E-state index >= 15 is 0 Å². The first-order valence-electron chi connectivity index (χ1n) is 8.77. The molecular formula is C17H34F6NP. The van der Waals surface area contributed by atoms with Crippen LogP contribution in [-0.4, -0.2) is 5.54 Å². The monoisotopic (exact) mass is 397 g/mol. The number of hydrogen-bond donors (Lipinski definition) is 1. The van der Waals surface area contributed by atoms with E-state index in [2.05, 4.69) is 25.8 Å². The van der Waals surface area contributed by atoms with Crippen molar-refractivity contribution < 1.29 is 30.9 Å². The van der Waals surface area contributed by atoms with E-state index in [1.165, 1.54) is 57.8 Å². The molecule has 0 bridgehead atoms. The zero-order valence-electron chi connectivity index (χ0n) is 15.3. The predicted octanol–water partition coefficient (Wildman–Crippen LogP) is 8.03. The van der Waals surface area contributed by atoms with E-state index in [9.17, 15) is 25.2 Å². The van der Waals surface area contributed by atoms with Gasteiger partial charge in [0, 0.05) is 19.3 Å². The van der Waals surface area contributed by atoms with Gasteiger partial charge in [-0.2, -0.15) is 0 Å². The zero-order chi connectivity index (χ0) is 20.1. The van der Waals surface area contributed by atoms with Crippen LogP contribution < -0.4 is 5.73 Å². The van der Waals surface area contributed by atoms with Gasteiger partial charge in [-0.15, -0.1) is 13.2 Å². The molecule has 0 rings (SSSR count). The molecule has 0 aromatic heterocycles. The number of hydrogen-bond acceptors (Lipinski definition) is 0. The topological polar surface area (TPSA) is 27.6 Å². The predicted molar refractivity (Wildman–Crippen MR) is 96.0 cm³/mol. The molecule has 154 valence electrons. The van der Waals surface area contributed by atoms with Gasteiger partial charge >= 0.3 is 33.0 Å². The maximum absolute atomic E-state index is 10.7. The summed E-state index contributed by atoms with van der Waals surface area (Å²) in [5.74, 6) is 0. The van der Waals surface area contributed by atoms with Gasteiger partial charge in [-0.25, -0.2) is 0 Å². The molecule has 0 spiro atoms. The molecule has 0 aliphatic carbocycles. The van der Waals surface area contributed by atoms with E-state index in [-0.39, 0.29) is 5.54 Å². The van der Waals surface area contributed by atoms with Crippen molar-refractivity contribution in [3.05, 3.63) is 25.3 Å². The molecule has 0 aliphatic heterocycles. The summed E-state index contributed by atoms with van der Waals surface area (Å²) in [5.41, 5.74) is 4.52. The summed E-state index contributed by atoms with van der Waals surface area (Å²) in [7, 11) is -10.7. The fraction of sp³-hybridized carbons (Fsp3) is 0.765. The van der Waals surface area contributed by atoms with Crippen LogP contribution >= 0.6 is 7.81 Å². The van der Waals surface area contributed by atoms with Gasteiger partial charge in [-0.3, -0.25) is 0 Å². The number of halogens is 6. The van der Waals surface area contributed by atoms with Crippen molar-refractivity contribution in [1.29, 1.82) is 0 Å². The molecule has 8 heteroatoms. The summed E-state index contributed by atoms with van der Waals surface area (Å²) in [6, 6.07) is 0. The molecule has 1 nitrogen and oxygen atoms in total. The summed E-state index contributed by atoms with van der Waals surface area (Å²) < 4.78 is 59.2. The standard InChI is InChI=1S/C17H33N.F6P/c1-4-7-8-9-10-11-12-13-16-17(18,14-5-2)15-6-3;1-7(2,3,4,5)6/h5-6H,2-4,7-16,18H2,1H3;/q;-1/p+1. The molecular weight excluding hydrogens is 363 g/mol. The third-order valence-corrected chi connectivity index (χ3v) is 3.72. The first-order chi connectivity index (χ1) is 11.1. The quantitative estimate of drug-likeness (QED) is 0.141. The molecule has 0 aromatic carbocycles. The zero-order valence-corrected chi connectivity index (χ0v) is 16.2. The van der Waals surface area contributed by atoms with E-state index in [0.29, 0.717) is 0 Å². The van der Waals surface area contributed by atoms with Crippen LogP contribution in [0.3, 0.4) is 0 Å². The Hall–Kier alpha value is -0.550. The third-order valence-electron chi connectivity index (χ3n) is 3.72. The summed E-state index contributed by atoms with van der Waals surface area (Å²) in [6.45, 7) is 9.95. The second kappa shape index (κ2) is 10.6. The van der Waals surface area contributed by atoms with Crippen molar-refractivity contribution in [2.45, 2.75) is 83.1 Å². The fourth-order valence-electron chi connectivity index (χ4n) is 2.53. The maximum atomic E-state index is 9.87. The third kappa shape index (κ3) is 31.7. The van der Waals surface area contributed by atoms with Gasteiger partial charge in [-0.1, -0.05) is 64.0 Å². The van der Waals surface area contributed by atoms with Crippen molar-refractivity contribution in [1.82, 2.24) is 0 Å². The summed E-state index contributed by atoms with van der Waals surface area (Å²) in [5, 5.41) is 0. The van der Waals surface area contributed by atoms with Crippen LogP contribution in [0, 0.1) is 0 Å². The molecule has 0 aliphatic rings. The van der Waals surface area contributed by atoms with Gasteiger partial charge in [0.15, 0.2) is 0 Å². The van der Waals surface area contributed by atoms with Crippen molar-refractivity contribution in [3.63, 3.8) is 0 Å². The Balaban J connectivity index is 0. The molecule has 0 atom stereocenters. The van der Waals surface area contributed by atoms with E-state index in [4.69, 9.17) is 0 Å². The summed E-state index contributed by atoms with van der Waals surface area (Å²) in [4.78, 5) is 0. The first kappa shape index (κ1) is 26.7. The minimum atomic E-state index is -10.7. The van der Waals surface area contributed by atoms with Crippen LogP contribution in [0.4, 0.5) is 25.2 Å². The van der Waals surface area contributed by atoms with Crippen molar-refractivity contribution in [2.24, 2.45) is 0 Å². The van der Waals surface area contributed by atoms with E-state index < -0.39 is 7.81 Å². The second-order valence-corrected chi connectivity index (χ2v) is 8.59. The summed E-state index contributed by atoms with van der Waals surface area (Å²) in [6.07, 6.45) is 18.3. The number of rotatable bonds is 13. The van der Waals surface area contributed by atoms with Crippen LogP contribution in [0.5, 0.6) is 0 Å². The Morgan fingerprint density at radius 3 is 1.40 bits per heavy atom. The number of quaternary nitrogens is 1. The Morgan fingerprint density at radius 1 is 0.760 bits per heavy atom. The molecule has 25 heavy (non-hydrogen) atoms. The van der Waals surface area contributed by atoms with Gasteiger partial charge < -0.3 is 5.73 Å². The van der Waals surface area contributed by atoms with E-state index in [1.807, 2.05) is 12.2 Å². The second-order valence-electron chi connectivity index (χ2n) is 6.67. The average Bonchev–Trinajstić information content (AvgIpc) is 2.39. The van der Waals surface area contributed by atoms with Gasteiger partial charge in [0.1, 0.15) is 5.54 Å². The van der Waals surface area contributed by atoms with Crippen LogP contribution in [-0.2, 0) is 0 Å². The molecule has 0 heterocycles. The van der Waals surface area contributed by atoms with Gasteiger partial charge in [0.25, 0.3) is 0 Å². The first-order valence-corrected chi connectivity index (χ1v) is 10.8. The Kier molecular flexibility index (Phi) is 11.3. The van der Waals surface area contributed by atoms with Gasteiger partial charge in [0.05, 0.1) is 0 Å². The SMILES string of the molecule is C=CCC([NH3+])(CC=C)CCCCCCCCCC.F[P-](F)(F)(F)(F)F. The van der Waals surface area contributed by atoms with E-state index in [1.54, 1.807) is 0 Å². The molecule has 0 unspecified atom stereocenters.